The average Bonchev–Trinajstić information content (AvgIpc) is 3.14. The van der Waals surface area contributed by atoms with Gasteiger partial charge in [0.25, 0.3) is 10.0 Å². The Morgan fingerprint density at radius 3 is 2.17 bits per heavy atom. The first kappa shape index (κ1) is 20.7. The van der Waals surface area contributed by atoms with Gasteiger partial charge in [0.1, 0.15) is 0 Å². The van der Waals surface area contributed by atoms with Gasteiger partial charge in [-0.2, -0.15) is 4.31 Å². The highest BCUT2D eigenvalue weighted by Crippen LogP contribution is 2.36. The predicted octanol–water partition coefficient (Wildman–Crippen LogP) is 3.57. The van der Waals surface area contributed by atoms with Crippen molar-refractivity contribution < 1.29 is 16.8 Å². The monoisotopic (exact) mass is 454 g/mol. The molecule has 0 spiro atoms. The normalized spacial score (nSPS) is 18.1. The minimum absolute atomic E-state index is 0.131. The number of aryl methyl sites for hydroxylation is 1. The van der Waals surface area contributed by atoms with Gasteiger partial charge in [-0.3, -0.25) is 4.31 Å². The lowest BCUT2D eigenvalue weighted by Gasteiger charge is -2.26. The van der Waals surface area contributed by atoms with Crippen LogP contribution >= 0.6 is 11.6 Å². The molecule has 1 saturated heterocycles. The Morgan fingerprint density at radius 1 is 0.828 bits per heavy atom. The molecule has 0 N–H and O–H groups in total. The van der Waals surface area contributed by atoms with Gasteiger partial charge in [0.15, 0.2) is 0 Å². The summed E-state index contributed by atoms with van der Waals surface area (Å²) >= 11 is 6.12. The molecule has 6 nitrogen and oxygen atoms in total. The largest absolute Gasteiger partial charge is 0.266 e. The first-order valence-electron chi connectivity index (χ1n) is 9.63. The third kappa shape index (κ3) is 3.67. The van der Waals surface area contributed by atoms with Gasteiger partial charge in [0, 0.05) is 24.7 Å². The molecule has 156 valence electrons. The standard InChI is InChI=1S/C20H23ClN2O4S2/c1-15-5-6-18(14-19(15)21)29(26,27)23-12-9-16-13-17(7-8-20(16)23)28(24,25)22-10-3-2-4-11-22/h5-8,13-14H,2-4,9-12H2,1H3. The molecule has 2 aromatic carbocycles. The Bertz CT molecular complexity index is 1160. The molecule has 0 amide bonds. The summed E-state index contributed by atoms with van der Waals surface area (Å²) < 4.78 is 55.0. The number of piperidine rings is 1. The number of nitrogens with zero attached hydrogens (tertiary/aromatic N) is 2. The molecule has 0 radical (unpaired) electrons. The summed E-state index contributed by atoms with van der Waals surface area (Å²) in [5.74, 6) is 0. The zero-order chi connectivity index (χ0) is 20.8. The van der Waals surface area contributed by atoms with E-state index >= 15 is 0 Å². The summed E-state index contributed by atoms with van der Waals surface area (Å²) in [7, 11) is -7.32. The van der Waals surface area contributed by atoms with Crippen molar-refractivity contribution in [2.45, 2.75) is 42.4 Å². The van der Waals surface area contributed by atoms with Gasteiger partial charge < -0.3 is 0 Å². The summed E-state index contributed by atoms with van der Waals surface area (Å²) in [5, 5.41) is 0.397. The number of hydrogen-bond acceptors (Lipinski definition) is 4. The zero-order valence-electron chi connectivity index (χ0n) is 16.1. The van der Waals surface area contributed by atoms with E-state index in [9.17, 15) is 16.8 Å². The van der Waals surface area contributed by atoms with Crippen molar-refractivity contribution in [3.05, 3.63) is 52.5 Å². The third-order valence-electron chi connectivity index (χ3n) is 5.59. The highest BCUT2D eigenvalue weighted by Gasteiger charge is 2.33. The van der Waals surface area contributed by atoms with Crippen LogP contribution in [-0.4, -0.2) is 40.8 Å². The van der Waals surface area contributed by atoms with Gasteiger partial charge in [0.2, 0.25) is 10.0 Å². The van der Waals surface area contributed by atoms with E-state index in [1.54, 1.807) is 24.3 Å². The third-order valence-corrected chi connectivity index (χ3v) is 9.70. The lowest BCUT2D eigenvalue weighted by Crippen LogP contribution is -2.35. The second-order valence-corrected chi connectivity index (χ2v) is 11.7. The fraction of sp³-hybridized carbons (Fsp3) is 0.400. The number of sulfonamides is 2. The molecule has 29 heavy (non-hydrogen) atoms. The van der Waals surface area contributed by atoms with Crippen LogP contribution in [0.1, 0.15) is 30.4 Å². The first-order valence-corrected chi connectivity index (χ1v) is 12.9. The van der Waals surface area contributed by atoms with E-state index in [0.29, 0.717) is 30.2 Å². The number of anilines is 1. The molecule has 2 heterocycles. The Kier molecular flexibility index (Phi) is 5.40. The molecule has 0 atom stereocenters. The molecule has 2 aromatic rings. The minimum Gasteiger partial charge on any atom is -0.266 e. The Labute approximate surface area is 177 Å². The van der Waals surface area contributed by atoms with Gasteiger partial charge in [-0.05, 0) is 67.6 Å². The van der Waals surface area contributed by atoms with E-state index in [1.165, 1.54) is 20.7 Å². The molecule has 2 aliphatic rings. The summed E-state index contributed by atoms with van der Waals surface area (Å²) in [6.45, 7) is 3.16. The van der Waals surface area contributed by atoms with Crippen molar-refractivity contribution in [3.63, 3.8) is 0 Å². The van der Waals surface area contributed by atoms with Crippen molar-refractivity contribution in [2.24, 2.45) is 0 Å². The smallest absolute Gasteiger partial charge is 0.264 e. The van der Waals surface area contributed by atoms with Crippen LogP contribution in [0.15, 0.2) is 46.2 Å². The Hall–Kier alpha value is -1.61. The Morgan fingerprint density at radius 2 is 1.48 bits per heavy atom. The summed E-state index contributed by atoms with van der Waals surface area (Å²) in [4.78, 5) is 0.363. The van der Waals surface area contributed by atoms with Gasteiger partial charge in [-0.25, -0.2) is 16.8 Å². The zero-order valence-corrected chi connectivity index (χ0v) is 18.5. The maximum Gasteiger partial charge on any atom is 0.264 e. The fourth-order valence-electron chi connectivity index (χ4n) is 3.87. The SMILES string of the molecule is Cc1ccc(S(=O)(=O)N2CCc3cc(S(=O)(=O)N4CCCCC4)ccc32)cc1Cl. The Balaban J connectivity index is 1.67. The van der Waals surface area contributed by atoms with E-state index in [-0.39, 0.29) is 16.3 Å². The van der Waals surface area contributed by atoms with Crippen LogP contribution < -0.4 is 4.31 Å². The van der Waals surface area contributed by atoms with Gasteiger partial charge in [-0.1, -0.05) is 24.1 Å². The van der Waals surface area contributed by atoms with E-state index in [4.69, 9.17) is 11.6 Å². The molecule has 9 heteroatoms. The van der Waals surface area contributed by atoms with Gasteiger partial charge in [0.05, 0.1) is 15.5 Å². The fourth-order valence-corrected chi connectivity index (χ4v) is 7.22. The molecule has 0 aromatic heterocycles. The first-order chi connectivity index (χ1) is 13.7. The molecule has 4 rings (SSSR count). The summed E-state index contributed by atoms with van der Waals surface area (Å²) in [6, 6.07) is 9.42. The van der Waals surface area contributed by atoms with Gasteiger partial charge in [-0.15, -0.1) is 0 Å². The lowest BCUT2D eigenvalue weighted by molar-refractivity contribution is 0.346. The molecule has 0 aliphatic carbocycles. The van der Waals surface area contributed by atoms with Crippen molar-refractivity contribution in [3.8, 4) is 0 Å². The second-order valence-electron chi connectivity index (χ2n) is 7.49. The molecule has 0 unspecified atom stereocenters. The average molecular weight is 455 g/mol. The summed E-state index contributed by atoms with van der Waals surface area (Å²) in [6.07, 6.45) is 3.26. The van der Waals surface area contributed by atoms with Crippen LogP contribution in [-0.2, 0) is 26.5 Å². The van der Waals surface area contributed by atoms with E-state index in [2.05, 4.69) is 0 Å². The van der Waals surface area contributed by atoms with E-state index < -0.39 is 20.0 Å². The van der Waals surface area contributed by atoms with Crippen molar-refractivity contribution in [1.82, 2.24) is 4.31 Å². The number of benzene rings is 2. The predicted molar refractivity (Wildman–Crippen MR) is 113 cm³/mol. The molecule has 0 saturated carbocycles. The van der Waals surface area contributed by atoms with Crippen LogP contribution in [0.4, 0.5) is 5.69 Å². The molecule has 0 bridgehead atoms. The summed E-state index contributed by atoms with van der Waals surface area (Å²) in [5.41, 5.74) is 2.06. The maximum absolute atomic E-state index is 13.1. The number of hydrogen-bond donors (Lipinski definition) is 0. The van der Waals surface area contributed by atoms with Crippen LogP contribution in [0.2, 0.25) is 5.02 Å². The van der Waals surface area contributed by atoms with Crippen molar-refractivity contribution in [2.75, 3.05) is 23.9 Å². The lowest BCUT2D eigenvalue weighted by atomic mass is 10.2. The number of rotatable bonds is 4. The van der Waals surface area contributed by atoms with E-state index in [0.717, 1.165) is 30.4 Å². The highest BCUT2D eigenvalue weighted by atomic mass is 35.5. The van der Waals surface area contributed by atoms with Crippen LogP contribution in [0, 0.1) is 6.92 Å². The van der Waals surface area contributed by atoms with Crippen LogP contribution in [0.5, 0.6) is 0 Å². The van der Waals surface area contributed by atoms with Crippen molar-refractivity contribution >= 4 is 37.3 Å². The minimum atomic E-state index is -3.77. The van der Waals surface area contributed by atoms with Crippen LogP contribution in [0.3, 0.4) is 0 Å². The van der Waals surface area contributed by atoms with E-state index in [1.807, 2.05) is 6.92 Å². The molecular weight excluding hydrogens is 432 g/mol. The maximum atomic E-state index is 13.1. The quantitative estimate of drug-likeness (QED) is 0.707. The van der Waals surface area contributed by atoms with Gasteiger partial charge >= 0.3 is 0 Å². The second kappa shape index (κ2) is 7.58. The highest BCUT2D eigenvalue weighted by molar-refractivity contribution is 7.92. The van der Waals surface area contributed by atoms with Crippen LogP contribution in [0.25, 0.3) is 0 Å². The topological polar surface area (TPSA) is 74.8 Å². The number of halogens is 1. The molecule has 1 fully saturated rings. The molecule has 2 aliphatic heterocycles. The van der Waals surface area contributed by atoms with Crippen molar-refractivity contribution in [1.29, 1.82) is 0 Å². The molecular formula is C20H23ClN2O4S2. The number of fused-ring (bicyclic) bond motifs is 1.